The van der Waals surface area contributed by atoms with Crippen LogP contribution in [0.4, 0.5) is 4.79 Å². The van der Waals surface area contributed by atoms with Gasteiger partial charge >= 0.3 is 6.09 Å². The fraction of sp³-hybridized carbons (Fsp3) is 0.889. The number of carboxylic acid groups (broad SMARTS) is 1. The summed E-state index contributed by atoms with van der Waals surface area (Å²) in [4.78, 5) is 11.1. The number of amides is 1. The van der Waals surface area contributed by atoms with Crippen LogP contribution in [0, 0.1) is 0 Å². The summed E-state index contributed by atoms with van der Waals surface area (Å²) in [6.45, 7) is 6.83. The van der Waals surface area contributed by atoms with Gasteiger partial charge in [0.1, 0.15) is 0 Å². The number of quaternary nitrogens is 1. The van der Waals surface area contributed by atoms with Crippen molar-refractivity contribution in [3.8, 4) is 0 Å². The number of nitrogens with zero attached hydrogens (tertiary/aromatic N) is 1. The molecule has 1 aliphatic rings. The minimum absolute atomic E-state index is 0.194. The third-order valence-electron chi connectivity index (χ3n) is 3.21. The van der Waals surface area contributed by atoms with E-state index in [0.717, 1.165) is 19.4 Å². The molecular formula is C9H18NO2+. The Bertz CT molecular complexity index is 191. The van der Waals surface area contributed by atoms with Crippen LogP contribution in [0.2, 0.25) is 0 Å². The van der Waals surface area contributed by atoms with Crippen molar-refractivity contribution >= 4 is 6.09 Å². The van der Waals surface area contributed by atoms with Crippen LogP contribution in [0.3, 0.4) is 0 Å². The Morgan fingerprint density at radius 3 is 2.33 bits per heavy atom. The molecule has 70 valence electrons. The molecule has 0 saturated carbocycles. The Kier molecular flexibility index (Phi) is 2.42. The summed E-state index contributed by atoms with van der Waals surface area (Å²) in [6.07, 6.45) is 1.44. The van der Waals surface area contributed by atoms with Crippen molar-refractivity contribution in [2.24, 2.45) is 0 Å². The first-order valence-electron chi connectivity index (χ1n) is 4.62. The molecule has 0 aromatic heterocycles. The van der Waals surface area contributed by atoms with Gasteiger partial charge in [0.2, 0.25) is 0 Å². The summed E-state index contributed by atoms with van der Waals surface area (Å²) < 4.78 is 0.264. The molecule has 2 atom stereocenters. The molecule has 1 heterocycles. The van der Waals surface area contributed by atoms with E-state index in [4.69, 9.17) is 0 Å². The maximum absolute atomic E-state index is 11.1. The fourth-order valence-corrected chi connectivity index (χ4v) is 2.37. The summed E-state index contributed by atoms with van der Waals surface area (Å²) >= 11 is 0. The number of likely N-dealkylation sites (tertiary alicyclic amines) is 1. The van der Waals surface area contributed by atoms with E-state index < -0.39 is 6.09 Å². The van der Waals surface area contributed by atoms with E-state index >= 15 is 0 Å². The second-order valence-corrected chi connectivity index (χ2v) is 4.02. The topological polar surface area (TPSA) is 37.3 Å². The highest BCUT2D eigenvalue weighted by atomic mass is 16.4. The van der Waals surface area contributed by atoms with Crippen LogP contribution in [0.5, 0.6) is 0 Å². The summed E-state index contributed by atoms with van der Waals surface area (Å²) in [5, 5.41) is 9.18. The van der Waals surface area contributed by atoms with Crippen molar-refractivity contribution in [1.29, 1.82) is 0 Å². The molecule has 3 heteroatoms. The van der Waals surface area contributed by atoms with Gasteiger partial charge < -0.3 is 5.11 Å². The third-order valence-corrected chi connectivity index (χ3v) is 3.21. The van der Waals surface area contributed by atoms with Crippen molar-refractivity contribution in [2.45, 2.75) is 45.7 Å². The largest absolute Gasteiger partial charge is 0.513 e. The van der Waals surface area contributed by atoms with Crippen molar-refractivity contribution in [1.82, 2.24) is 0 Å². The molecule has 12 heavy (non-hydrogen) atoms. The van der Waals surface area contributed by atoms with E-state index in [1.165, 1.54) is 0 Å². The third kappa shape index (κ3) is 1.12. The summed E-state index contributed by atoms with van der Waals surface area (Å²) in [6, 6.07) is 0.475. The fourth-order valence-electron chi connectivity index (χ4n) is 2.37. The van der Waals surface area contributed by atoms with Crippen molar-refractivity contribution in [3.05, 3.63) is 0 Å². The van der Waals surface area contributed by atoms with Crippen molar-refractivity contribution in [2.75, 3.05) is 6.54 Å². The highest BCUT2D eigenvalue weighted by Gasteiger charge is 2.48. The zero-order valence-electron chi connectivity index (χ0n) is 8.08. The van der Waals surface area contributed by atoms with Crippen LogP contribution in [0.25, 0.3) is 0 Å². The maximum Gasteiger partial charge on any atom is 0.513 e. The molecule has 0 bridgehead atoms. The molecule has 1 unspecified atom stereocenters. The summed E-state index contributed by atoms with van der Waals surface area (Å²) in [7, 11) is 0. The molecule has 1 aliphatic heterocycles. The quantitative estimate of drug-likeness (QED) is 0.615. The van der Waals surface area contributed by atoms with E-state index in [9.17, 15) is 9.90 Å². The normalized spacial score (nSPS) is 35.8. The van der Waals surface area contributed by atoms with Gasteiger partial charge in [-0.3, -0.25) is 0 Å². The van der Waals surface area contributed by atoms with Crippen molar-refractivity contribution < 1.29 is 14.4 Å². The van der Waals surface area contributed by atoms with Gasteiger partial charge in [-0.05, 0) is 20.8 Å². The average Bonchev–Trinajstić information content (AvgIpc) is 2.31. The number of carbonyl (C=O) groups is 1. The van der Waals surface area contributed by atoms with Crippen LogP contribution in [-0.4, -0.2) is 34.3 Å². The van der Waals surface area contributed by atoms with Gasteiger partial charge in [0, 0.05) is 12.8 Å². The van der Waals surface area contributed by atoms with Gasteiger partial charge in [0.05, 0.1) is 18.6 Å². The highest BCUT2D eigenvalue weighted by molar-refractivity contribution is 5.57. The van der Waals surface area contributed by atoms with Gasteiger partial charge in [-0.2, -0.15) is 4.79 Å². The molecule has 0 radical (unpaired) electrons. The van der Waals surface area contributed by atoms with Crippen molar-refractivity contribution in [3.63, 3.8) is 0 Å². The Balaban J connectivity index is 2.93. The van der Waals surface area contributed by atoms with Crippen LogP contribution in [0.15, 0.2) is 0 Å². The lowest BCUT2D eigenvalue weighted by atomic mass is 10.2. The van der Waals surface area contributed by atoms with Gasteiger partial charge in [-0.1, -0.05) is 0 Å². The monoisotopic (exact) mass is 172 g/mol. The van der Waals surface area contributed by atoms with Crippen LogP contribution in [-0.2, 0) is 0 Å². The summed E-state index contributed by atoms with van der Waals surface area (Å²) in [5.41, 5.74) is 0. The van der Waals surface area contributed by atoms with Gasteiger partial charge in [0.15, 0.2) is 0 Å². The lowest BCUT2D eigenvalue weighted by Crippen LogP contribution is -2.58. The second kappa shape index (κ2) is 3.05. The first-order chi connectivity index (χ1) is 5.51. The molecule has 1 rings (SSSR count). The predicted molar refractivity (Wildman–Crippen MR) is 47.0 cm³/mol. The molecular weight excluding hydrogens is 154 g/mol. The molecule has 1 saturated heterocycles. The molecule has 0 spiro atoms. The maximum atomic E-state index is 11.1. The molecule has 1 amide bonds. The smallest absolute Gasteiger partial charge is 0.435 e. The van der Waals surface area contributed by atoms with E-state index in [-0.39, 0.29) is 16.6 Å². The Morgan fingerprint density at radius 2 is 2.17 bits per heavy atom. The SMILES string of the molecule is CC(C)[N+]1(C(=O)O)CCC[C@H]1C. The Labute approximate surface area is 73.6 Å². The molecule has 3 nitrogen and oxygen atoms in total. The number of rotatable bonds is 1. The molecule has 0 aromatic rings. The number of hydrogen-bond acceptors (Lipinski definition) is 1. The highest BCUT2D eigenvalue weighted by Crippen LogP contribution is 2.30. The zero-order valence-corrected chi connectivity index (χ0v) is 8.08. The molecule has 1 N–H and O–H groups in total. The predicted octanol–water partition coefficient (Wildman–Crippen LogP) is 2.07. The van der Waals surface area contributed by atoms with E-state index in [0.29, 0.717) is 0 Å². The summed E-state index contributed by atoms with van der Waals surface area (Å²) in [5.74, 6) is 0. The Hall–Kier alpha value is -0.570. The van der Waals surface area contributed by atoms with Gasteiger partial charge in [0.25, 0.3) is 0 Å². The van der Waals surface area contributed by atoms with Crippen LogP contribution < -0.4 is 0 Å². The molecule has 0 aliphatic carbocycles. The lowest BCUT2D eigenvalue weighted by Gasteiger charge is -2.36. The lowest BCUT2D eigenvalue weighted by molar-refractivity contribution is -0.888. The molecule has 1 fully saturated rings. The zero-order chi connectivity index (χ0) is 9.35. The Morgan fingerprint density at radius 1 is 1.58 bits per heavy atom. The first-order valence-corrected chi connectivity index (χ1v) is 4.62. The van der Waals surface area contributed by atoms with E-state index in [1.807, 2.05) is 20.8 Å². The minimum Gasteiger partial charge on any atom is -0.435 e. The standard InChI is InChI=1S/C9H17NO2/c1-7(2)10(9(11)12)6-4-5-8(10)3/h7-8H,4-6H2,1-3H3/p+1/t8-,10?/m1/s1. The minimum atomic E-state index is -0.657. The van der Waals surface area contributed by atoms with Gasteiger partial charge in [-0.15, -0.1) is 0 Å². The molecule has 0 aromatic carbocycles. The second-order valence-electron chi connectivity index (χ2n) is 4.02. The van der Waals surface area contributed by atoms with Crippen LogP contribution >= 0.6 is 0 Å². The van der Waals surface area contributed by atoms with Crippen LogP contribution in [0.1, 0.15) is 33.6 Å². The first kappa shape index (κ1) is 9.52. The van der Waals surface area contributed by atoms with E-state index in [2.05, 4.69) is 0 Å². The number of hydrogen-bond donors (Lipinski definition) is 1. The van der Waals surface area contributed by atoms with E-state index in [1.54, 1.807) is 0 Å². The average molecular weight is 172 g/mol. The van der Waals surface area contributed by atoms with Gasteiger partial charge in [-0.25, -0.2) is 4.48 Å².